The lowest BCUT2D eigenvalue weighted by atomic mass is 10.2. The molecule has 1 amide bonds. The molecule has 1 aliphatic heterocycles. The fourth-order valence-corrected chi connectivity index (χ4v) is 2.51. The van der Waals surface area contributed by atoms with Crippen molar-refractivity contribution in [2.24, 2.45) is 0 Å². The van der Waals surface area contributed by atoms with Gasteiger partial charge in [0.2, 0.25) is 5.91 Å². The van der Waals surface area contributed by atoms with E-state index in [4.69, 9.17) is 0 Å². The molecule has 0 aliphatic carbocycles. The lowest BCUT2D eigenvalue weighted by Crippen LogP contribution is -2.37. The lowest BCUT2D eigenvalue weighted by Gasteiger charge is -2.10. The van der Waals surface area contributed by atoms with E-state index in [1.807, 2.05) is 17.5 Å². The maximum atomic E-state index is 11.5. The van der Waals surface area contributed by atoms with Crippen LogP contribution in [0.25, 0.3) is 0 Å². The highest BCUT2D eigenvalue weighted by atomic mass is 35.5. The smallest absolute Gasteiger partial charge is 0.225 e. The van der Waals surface area contributed by atoms with Crippen molar-refractivity contribution in [3.8, 4) is 0 Å². The van der Waals surface area contributed by atoms with Crippen LogP contribution in [0, 0.1) is 0 Å². The summed E-state index contributed by atoms with van der Waals surface area (Å²) in [5.74, 6) is 0.131. The van der Waals surface area contributed by atoms with Crippen molar-refractivity contribution >= 4 is 29.7 Å². The van der Waals surface area contributed by atoms with Crippen LogP contribution in [-0.2, 0) is 11.2 Å². The highest BCUT2D eigenvalue weighted by Crippen LogP contribution is 2.09. The van der Waals surface area contributed by atoms with Crippen LogP contribution in [0.5, 0.6) is 0 Å². The molecule has 1 unspecified atom stereocenters. The molecule has 1 aromatic heterocycles. The highest BCUT2D eigenvalue weighted by molar-refractivity contribution is 7.10. The largest absolute Gasteiger partial charge is 0.354 e. The average molecular weight is 261 g/mol. The van der Waals surface area contributed by atoms with Gasteiger partial charge in [0.1, 0.15) is 0 Å². The van der Waals surface area contributed by atoms with Gasteiger partial charge in [0, 0.05) is 17.5 Å². The van der Waals surface area contributed by atoms with E-state index in [9.17, 15) is 4.79 Å². The van der Waals surface area contributed by atoms with E-state index >= 15 is 0 Å². The molecule has 1 fully saturated rings. The zero-order valence-electron chi connectivity index (χ0n) is 9.07. The van der Waals surface area contributed by atoms with Gasteiger partial charge in [-0.15, -0.1) is 23.7 Å². The molecule has 1 aliphatic rings. The van der Waals surface area contributed by atoms with Gasteiger partial charge < -0.3 is 10.6 Å². The van der Waals surface area contributed by atoms with Crippen LogP contribution in [0.4, 0.5) is 0 Å². The van der Waals surface area contributed by atoms with Gasteiger partial charge in [0.15, 0.2) is 0 Å². The lowest BCUT2D eigenvalue weighted by molar-refractivity contribution is -0.120. The first-order valence-corrected chi connectivity index (χ1v) is 6.25. The summed E-state index contributed by atoms with van der Waals surface area (Å²) >= 11 is 1.63. The van der Waals surface area contributed by atoms with Crippen LogP contribution < -0.4 is 10.6 Å². The number of nitrogens with one attached hydrogen (secondary N) is 2. The van der Waals surface area contributed by atoms with Gasteiger partial charge in [-0.05, 0) is 30.8 Å². The molecule has 5 heteroatoms. The molecular weight excluding hydrogens is 244 g/mol. The number of thiophene rings is 1. The Morgan fingerprint density at radius 1 is 1.62 bits per heavy atom. The number of hydrogen-bond acceptors (Lipinski definition) is 3. The fourth-order valence-electron chi connectivity index (χ4n) is 1.80. The van der Waals surface area contributed by atoms with E-state index in [1.54, 1.807) is 11.3 Å². The number of carbonyl (C=O) groups is 1. The summed E-state index contributed by atoms with van der Waals surface area (Å²) in [5.41, 5.74) is 0. The first-order chi connectivity index (χ1) is 7.34. The molecule has 0 spiro atoms. The first-order valence-electron chi connectivity index (χ1n) is 5.37. The van der Waals surface area contributed by atoms with Crippen LogP contribution in [0.2, 0.25) is 0 Å². The summed E-state index contributed by atoms with van der Waals surface area (Å²) in [6.07, 6.45) is 2.93. The quantitative estimate of drug-likeness (QED) is 0.863. The van der Waals surface area contributed by atoms with Crippen molar-refractivity contribution < 1.29 is 4.79 Å². The van der Waals surface area contributed by atoms with E-state index in [0.29, 0.717) is 12.5 Å². The monoisotopic (exact) mass is 260 g/mol. The molecule has 0 bridgehead atoms. The standard InChI is InChI=1S/C11H16N2OS.ClH/c14-11(7-10-4-2-6-15-10)13-8-9-3-1-5-12-9;/h2,4,6,9,12H,1,3,5,7-8H2,(H,13,14);1H. The molecule has 0 aromatic carbocycles. The molecule has 1 saturated heterocycles. The van der Waals surface area contributed by atoms with E-state index in [1.165, 1.54) is 12.8 Å². The van der Waals surface area contributed by atoms with E-state index < -0.39 is 0 Å². The van der Waals surface area contributed by atoms with Crippen molar-refractivity contribution in [1.29, 1.82) is 0 Å². The average Bonchev–Trinajstić information content (AvgIpc) is 2.86. The van der Waals surface area contributed by atoms with Gasteiger partial charge in [-0.3, -0.25) is 4.79 Å². The van der Waals surface area contributed by atoms with Crippen molar-refractivity contribution in [3.63, 3.8) is 0 Å². The zero-order chi connectivity index (χ0) is 10.5. The Hall–Kier alpha value is -0.580. The summed E-state index contributed by atoms with van der Waals surface area (Å²) in [6.45, 7) is 1.86. The molecule has 0 saturated carbocycles. The number of hydrogen-bond donors (Lipinski definition) is 2. The molecule has 2 N–H and O–H groups in total. The normalized spacial score (nSPS) is 19.1. The Bertz CT molecular complexity index is 310. The van der Waals surface area contributed by atoms with E-state index in [0.717, 1.165) is 18.0 Å². The molecule has 2 heterocycles. The number of rotatable bonds is 4. The summed E-state index contributed by atoms with van der Waals surface area (Å²) in [7, 11) is 0. The van der Waals surface area contributed by atoms with Crippen LogP contribution in [0.15, 0.2) is 17.5 Å². The van der Waals surface area contributed by atoms with Gasteiger partial charge in [-0.1, -0.05) is 6.07 Å². The molecule has 16 heavy (non-hydrogen) atoms. The van der Waals surface area contributed by atoms with E-state index in [-0.39, 0.29) is 18.3 Å². The predicted molar refractivity (Wildman–Crippen MR) is 69.3 cm³/mol. The summed E-state index contributed by atoms with van der Waals surface area (Å²) in [4.78, 5) is 12.7. The Balaban J connectivity index is 0.00000128. The van der Waals surface area contributed by atoms with Gasteiger partial charge in [0.05, 0.1) is 6.42 Å². The Morgan fingerprint density at radius 3 is 3.12 bits per heavy atom. The molecule has 0 radical (unpaired) electrons. The van der Waals surface area contributed by atoms with Gasteiger partial charge >= 0.3 is 0 Å². The minimum absolute atomic E-state index is 0. The molecule has 1 aromatic rings. The van der Waals surface area contributed by atoms with Crippen LogP contribution in [0.1, 0.15) is 17.7 Å². The van der Waals surface area contributed by atoms with Crippen molar-refractivity contribution in [3.05, 3.63) is 22.4 Å². The van der Waals surface area contributed by atoms with E-state index in [2.05, 4.69) is 10.6 Å². The Kier molecular flexibility index (Phi) is 5.80. The van der Waals surface area contributed by atoms with Gasteiger partial charge in [0.25, 0.3) is 0 Å². The molecule has 1 atom stereocenters. The second-order valence-corrected chi connectivity index (χ2v) is 4.89. The second kappa shape index (κ2) is 6.89. The molecule has 3 nitrogen and oxygen atoms in total. The SMILES string of the molecule is Cl.O=C(Cc1cccs1)NCC1CCCN1. The third-order valence-electron chi connectivity index (χ3n) is 2.62. The van der Waals surface area contributed by atoms with Crippen LogP contribution in [-0.4, -0.2) is 25.0 Å². The number of amides is 1. The third kappa shape index (κ3) is 4.12. The van der Waals surface area contributed by atoms with Crippen molar-refractivity contribution in [2.75, 3.05) is 13.1 Å². The topological polar surface area (TPSA) is 41.1 Å². The summed E-state index contributed by atoms with van der Waals surface area (Å²) in [5, 5.41) is 8.33. The first kappa shape index (κ1) is 13.5. The third-order valence-corrected chi connectivity index (χ3v) is 3.50. The predicted octanol–water partition coefficient (Wildman–Crippen LogP) is 1.58. The molecular formula is C11H17ClN2OS. The summed E-state index contributed by atoms with van der Waals surface area (Å²) < 4.78 is 0. The van der Waals surface area contributed by atoms with Crippen LogP contribution >= 0.6 is 23.7 Å². The zero-order valence-corrected chi connectivity index (χ0v) is 10.7. The fraction of sp³-hybridized carbons (Fsp3) is 0.545. The maximum Gasteiger partial charge on any atom is 0.225 e. The minimum atomic E-state index is 0. The van der Waals surface area contributed by atoms with Gasteiger partial charge in [-0.2, -0.15) is 0 Å². The van der Waals surface area contributed by atoms with Crippen molar-refractivity contribution in [1.82, 2.24) is 10.6 Å². The Labute approximate surface area is 106 Å². The summed E-state index contributed by atoms with van der Waals surface area (Å²) in [6, 6.07) is 4.46. The molecule has 90 valence electrons. The van der Waals surface area contributed by atoms with Gasteiger partial charge in [-0.25, -0.2) is 0 Å². The second-order valence-electron chi connectivity index (χ2n) is 3.85. The Morgan fingerprint density at radius 2 is 2.50 bits per heavy atom. The minimum Gasteiger partial charge on any atom is -0.354 e. The number of carbonyl (C=O) groups excluding carboxylic acids is 1. The van der Waals surface area contributed by atoms with Crippen LogP contribution in [0.3, 0.4) is 0 Å². The molecule has 2 rings (SSSR count). The van der Waals surface area contributed by atoms with Crippen molar-refractivity contribution in [2.45, 2.75) is 25.3 Å². The highest BCUT2D eigenvalue weighted by Gasteiger charge is 2.14. The maximum absolute atomic E-state index is 11.5. The number of halogens is 1.